The molecule has 0 aliphatic rings. The highest BCUT2D eigenvalue weighted by Crippen LogP contribution is 2.25. The topological polar surface area (TPSA) is 118 Å². The van der Waals surface area contributed by atoms with Crippen molar-refractivity contribution >= 4 is 44.9 Å². The maximum atomic E-state index is 11.8. The smallest absolute Gasteiger partial charge is 0.340 e. The van der Waals surface area contributed by atoms with Crippen LogP contribution in [0.15, 0.2) is 5.38 Å². The summed E-state index contributed by atoms with van der Waals surface area (Å²) in [7, 11) is 0. The van der Waals surface area contributed by atoms with Gasteiger partial charge in [0, 0.05) is 5.38 Å². The van der Waals surface area contributed by atoms with Gasteiger partial charge in [-0.2, -0.15) is 4.37 Å². The summed E-state index contributed by atoms with van der Waals surface area (Å²) in [4.78, 5) is 26.6. The van der Waals surface area contributed by atoms with Crippen molar-refractivity contribution in [2.75, 3.05) is 11.1 Å². The van der Waals surface area contributed by atoms with Gasteiger partial charge in [0.1, 0.15) is 16.3 Å². The standard InChI is InChI=1S/C9H8N4O3S2/c1-3-5(8(15)16)7(18-13-3)12-6(14)4-2-17-9(10)11-4/h2H,1H3,(H2,10,11)(H,12,14)(H,15,16). The maximum absolute atomic E-state index is 11.8. The van der Waals surface area contributed by atoms with E-state index in [1.165, 1.54) is 5.38 Å². The SMILES string of the molecule is Cc1nsc(NC(=O)c2csc(N)n2)c1C(=O)O. The summed E-state index contributed by atoms with van der Waals surface area (Å²) in [5.41, 5.74) is 5.93. The van der Waals surface area contributed by atoms with Crippen molar-refractivity contribution in [1.82, 2.24) is 9.36 Å². The quantitative estimate of drug-likeness (QED) is 0.784. The first kappa shape index (κ1) is 12.5. The van der Waals surface area contributed by atoms with Gasteiger partial charge in [0.25, 0.3) is 5.91 Å². The summed E-state index contributed by atoms with van der Waals surface area (Å²) in [6.07, 6.45) is 0. The number of aromatic carboxylic acids is 1. The van der Waals surface area contributed by atoms with Crippen molar-refractivity contribution in [2.24, 2.45) is 0 Å². The first-order valence-electron chi connectivity index (χ1n) is 4.71. The molecule has 0 aromatic carbocycles. The van der Waals surface area contributed by atoms with Gasteiger partial charge in [-0.25, -0.2) is 9.78 Å². The second kappa shape index (κ2) is 4.70. The van der Waals surface area contributed by atoms with E-state index in [1.807, 2.05) is 0 Å². The van der Waals surface area contributed by atoms with E-state index >= 15 is 0 Å². The predicted octanol–water partition coefficient (Wildman–Crippen LogP) is 1.44. The van der Waals surface area contributed by atoms with Crippen LogP contribution in [0, 0.1) is 6.92 Å². The molecule has 0 radical (unpaired) electrons. The fourth-order valence-corrected chi connectivity index (χ4v) is 2.59. The molecule has 0 bridgehead atoms. The molecule has 2 heterocycles. The zero-order chi connectivity index (χ0) is 13.3. The number of aryl methyl sites for hydroxylation is 1. The molecule has 0 atom stereocenters. The van der Waals surface area contributed by atoms with Crippen LogP contribution in [0.3, 0.4) is 0 Å². The number of carboxylic acid groups (broad SMARTS) is 1. The number of hydrogen-bond acceptors (Lipinski definition) is 7. The lowest BCUT2D eigenvalue weighted by atomic mass is 10.2. The van der Waals surface area contributed by atoms with Crippen molar-refractivity contribution < 1.29 is 14.7 Å². The van der Waals surface area contributed by atoms with Crippen molar-refractivity contribution in [2.45, 2.75) is 6.92 Å². The molecule has 0 spiro atoms. The molecule has 2 aromatic rings. The van der Waals surface area contributed by atoms with Gasteiger partial charge in [-0.15, -0.1) is 11.3 Å². The largest absolute Gasteiger partial charge is 0.478 e. The number of nitrogens with zero attached hydrogens (tertiary/aromatic N) is 2. The lowest BCUT2D eigenvalue weighted by Gasteiger charge is -2.00. The molecule has 0 aliphatic carbocycles. The first-order valence-corrected chi connectivity index (χ1v) is 6.36. The van der Waals surface area contributed by atoms with E-state index in [9.17, 15) is 9.59 Å². The lowest BCUT2D eigenvalue weighted by Crippen LogP contribution is -2.14. The Balaban J connectivity index is 2.25. The van der Waals surface area contributed by atoms with Gasteiger partial charge in [0.2, 0.25) is 0 Å². The van der Waals surface area contributed by atoms with E-state index in [2.05, 4.69) is 14.7 Å². The van der Waals surface area contributed by atoms with Gasteiger partial charge in [0.15, 0.2) is 5.13 Å². The fourth-order valence-electron chi connectivity index (χ4n) is 1.27. The number of carbonyl (C=O) groups excluding carboxylic acids is 1. The van der Waals surface area contributed by atoms with Crippen LogP contribution >= 0.6 is 22.9 Å². The van der Waals surface area contributed by atoms with Gasteiger partial charge in [0.05, 0.1) is 5.69 Å². The zero-order valence-corrected chi connectivity index (χ0v) is 10.8. The number of aromatic nitrogens is 2. The molecule has 18 heavy (non-hydrogen) atoms. The molecule has 0 unspecified atom stereocenters. The number of anilines is 2. The highest BCUT2D eigenvalue weighted by Gasteiger charge is 2.20. The van der Waals surface area contributed by atoms with E-state index in [0.29, 0.717) is 5.69 Å². The van der Waals surface area contributed by atoms with Crippen LogP contribution in [0.2, 0.25) is 0 Å². The van der Waals surface area contributed by atoms with Crippen LogP contribution in [0.1, 0.15) is 26.5 Å². The normalized spacial score (nSPS) is 10.3. The number of nitrogens with one attached hydrogen (secondary N) is 1. The molecule has 1 amide bonds. The Hall–Kier alpha value is -2.00. The predicted molar refractivity (Wildman–Crippen MR) is 68.3 cm³/mol. The molecule has 9 heteroatoms. The Morgan fingerprint density at radius 1 is 1.50 bits per heavy atom. The second-order valence-electron chi connectivity index (χ2n) is 3.30. The van der Waals surface area contributed by atoms with E-state index < -0.39 is 11.9 Å². The van der Waals surface area contributed by atoms with Gasteiger partial charge in [-0.1, -0.05) is 0 Å². The average molecular weight is 284 g/mol. The number of carboxylic acids is 1. The third kappa shape index (κ3) is 2.31. The molecular weight excluding hydrogens is 276 g/mol. The zero-order valence-electron chi connectivity index (χ0n) is 9.13. The van der Waals surface area contributed by atoms with Crippen LogP contribution in [0.5, 0.6) is 0 Å². The van der Waals surface area contributed by atoms with E-state index in [1.54, 1.807) is 6.92 Å². The van der Waals surface area contributed by atoms with Crippen LogP contribution in [0.4, 0.5) is 10.1 Å². The number of hydrogen-bond donors (Lipinski definition) is 3. The minimum atomic E-state index is -1.13. The molecule has 2 rings (SSSR count). The number of carbonyl (C=O) groups is 2. The third-order valence-electron chi connectivity index (χ3n) is 2.06. The fraction of sp³-hybridized carbons (Fsp3) is 0.111. The Labute approximate surface area is 109 Å². The van der Waals surface area contributed by atoms with Crippen molar-refractivity contribution in [3.8, 4) is 0 Å². The van der Waals surface area contributed by atoms with Crippen molar-refractivity contribution in [3.05, 3.63) is 22.3 Å². The van der Waals surface area contributed by atoms with Crippen molar-refractivity contribution in [1.29, 1.82) is 0 Å². The number of amides is 1. The molecule has 0 fully saturated rings. The summed E-state index contributed by atoms with van der Waals surface area (Å²) < 4.78 is 3.89. The minimum Gasteiger partial charge on any atom is -0.478 e. The van der Waals surface area contributed by atoms with Crippen molar-refractivity contribution in [3.63, 3.8) is 0 Å². The number of thiazole rings is 1. The van der Waals surface area contributed by atoms with Gasteiger partial charge >= 0.3 is 5.97 Å². The van der Waals surface area contributed by atoms with Gasteiger partial charge < -0.3 is 16.2 Å². The molecule has 0 saturated heterocycles. The molecule has 4 N–H and O–H groups in total. The molecule has 7 nitrogen and oxygen atoms in total. The highest BCUT2D eigenvalue weighted by molar-refractivity contribution is 7.13. The van der Waals surface area contributed by atoms with Crippen LogP contribution in [0.25, 0.3) is 0 Å². The molecule has 2 aromatic heterocycles. The summed E-state index contributed by atoms with van der Waals surface area (Å²) in [6.45, 7) is 1.57. The second-order valence-corrected chi connectivity index (χ2v) is 4.97. The van der Waals surface area contributed by atoms with Crippen LogP contribution < -0.4 is 11.1 Å². The first-order chi connectivity index (χ1) is 8.49. The Morgan fingerprint density at radius 2 is 2.22 bits per heavy atom. The number of nitrogens with two attached hydrogens (primary N) is 1. The molecule has 0 saturated carbocycles. The Morgan fingerprint density at radius 3 is 2.78 bits per heavy atom. The van der Waals surface area contributed by atoms with Gasteiger partial charge in [-0.3, -0.25) is 4.79 Å². The summed E-state index contributed by atoms with van der Waals surface area (Å²) in [6, 6.07) is 0. The van der Waals surface area contributed by atoms with Gasteiger partial charge in [-0.05, 0) is 18.5 Å². The Kier molecular flexibility index (Phi) is 3.26. The number of nitrogen functional groups attached to an aromatic ring is 1. The molecular formula is C9H8N4O3S2. The van der Waals surface area contributed by atoms with E-state index in [-0.39, 0.29) is 21.4 Å². The summed E-state index contributed by atoms with van der Waals surface area (Å²) >= 11 is 2.05. The third-order valence-corrected chi connectivity index (χ3v) is 3.59. The molecule has 94 valence electrons. The van der Waals surface area contributed by atoms with E-state index in [0.717, 1.165) is 22.9 Å². The molecule has 0 aliphatic heterocycles. The minimum absolute atomic E-state index is 0.00319. The Bertz CT molecular complexity index is 619. The monoisotopic (exact) mass is 284 g/mol. The highest BCUT2D eigenvalue weighted by atomic mass is 32.1. The van der Waals surface area contributed by atoms with Crippen LogP contribution in [-0.4, -0.2) is 26.3 Å². The average Bonchev–Trinajstić information content (AvgIpc) is 2.85. The summed E-state index contributed by atoms with van der Waals surface area (Å²) in [5.74, 6) is -1.64. The van der Waals surface area contributed by atoms with Crippen LogP contribution in [-0.2, 0) is 0 Å². The number of rotatable bonds is 3. The summed E-state index contributed by atoms with van der Waals surface area (Å²) in [5, 5.41) is 13.4. The lowest BCUT2D eigenvalue weighted by molar-refractivity contribution is 0.0697. The maximum Gasteiger partial charge on any atom is 0.340 e. The van der Waals surface area contributed by atoms with E-state index in [4.69, 9.17) is 10.8 Å².